The Bertz CT molecular complexity index is 802. The molecule has 1 saturated heterocycles. The van der Waals surface area contributed by atoms with Crippen molar-refractivity contribution in [3.05, 3.63) is 65.0 Å². The quantitative estimate of drug-likeness (QED) is 0.611. The standard InChI is InChI=1S/C24H34N4O/c1-18-3-4-22(19(2)17-18)24(23(25)29,11-5-20-6-12-26-13-7-20)28-16-10-21-8-14-27-15-9-21/h3-4,6-7,12-13,17,21,27-28H,5,8-11,14-16H2,1-2H3,(H2,25,29). The van der Waals surface area contributed by atoms with Crippen LogP contribution in [0.5, 0.6) is 0 Å². The zero-order chi connectivity index (χ0) is 20.7. The van der Waals surface area contributed by atoms with Crippen molar-refractivity contribution < 1.29 is 4.79 Å². The van der Waals surface area contributed by atoms with Gasteiger partial charge in [-0.05, 0) is 100 Å². The van der Waals surface area contributed by atoms with Crippen LogP contribution in [0, 0.1) is 19.8 Å². The summed E-state index contributed by atoms with van der Waals surface area (Å²) in [6.45, 7) is 7.11. The van der Waals surface area contributed by atoms with E-state index in [1.165, 1.54) is 18.4 Å². The Hall–Kier alpha value is -2.24. The average Bonchev–Trinajstić information content (AvgIpc) is 2.72. The van der Waals surface area contributed by atoms with Gasteiger partial charge in [-0.15, -0.1) is 0 Å². The van der Waals surface area contributed by atoms with Crippen LogP contribution < -0.4 is 16.4 Å². The van der Waals surface area contributed by atoms with Gasteiger partial charge in [0.15, 0.2) is 0 Å². The third kappa shape index (κ3) is 5.43. The number of rotatable bonds is 9. The highest BCUT2D eigenvalue weighted by Gasteiger charge is 2.39. The van der Waals surface area contributed by atoms with Crippen LogP contribution in [0.25, 0.3) is 0 Å². The van der Waals surface area contributed by atoms with Crippen molar-refractivity contribution in [2.75, 3.05) is 19.6 Å². The Morgan fingerprint density at radius 1 is 1.21 bits per heavy atom. The zero-order valence-electron chi connectivity index (χ0n) is 17.7. The predicted molar refractivity (Wildman–Crippen MR) is 118 cm³/mol. The first-order chi connectivity index (χ1) is 14.0. The number of carbonyl (C=O) groups is 1. The highest BCUT2D eigenvalue weighted by atomic mass is 16.1. The highest BCUT2D eigenvalue weighted by molar-refractivity contribution is 5.86. The van der Waals surface area contributed by atoms with Gasteiger partial charge in [-0.3, -0.25) is 15.1 Å². The predicted octanol–water partition coefficient (Wildman–Crippen LogP) is 2.99. The number of pyridine rings is 1. The van der Waals surface area contributed by atoms with Crippen LogP contribution in [-0.4, -0.2) is 30.5 Å². The fourth-order valence-corrected chi connectivity index (χ4v) is 4.50. The molecule has 0 spiro atoms. The van der Waals surface area contributed by atoms with Crippen LogP contribution in [0.4, 0.5) is 0 Å². The van der Waals surface area contributed by atoms with Crippen LogP contribution in [0.15, 0.2) is 42.7 Å². The second kappa shape index (κ2) is 9.99. The molecule has 2 heterocycles. The van der Waals surface area contributed by atoms with Crippen molar-refractivity contribution in [1.29, 1.82) is 0 Å². The SMILES string of the molecule is Cc1ccc(C(CCc2ccncc2)(NCCC2CCNCC2)C(N)=O)c(C)c1. The summed E-state index contributed by atoms with van der Waals surface area (Å²) in [5, 5.41) is 7.03. The largest absolute Gasteiger partial charge is 0.368 e. The third-order valence-corrected chi connectivity index (χ3v) is 6.24. The number of benzene rings is 1. The van der Waals surface area contributed by atoms with Crippen molar-refractivity contribution in [3.8, 4) is 0 Å². The molecule has 1 atom stereocenters. The van der Waals surface area contributed by atoms with Gasteiger partial charge in [0.05, 0.1) is 0 Å². The lowest BCUT2D eigenvalue weighted by atomic mass is 9.80. The number of amides is 1. The zero-order valence-corrected chi connectivity index (χ0v) is 17.7. The maximum atomic E-state index is 12.9. The summed E-state index contributed by atoms with van der Waals surface area (Å²) >= 11 is 0. The van der Waals surface area contributed by atoms with Crippen molar-refractivity contribution >= 4 is 5.91 Å². The van der Waals surface area contributed by atoms with E-state index in [2.05, 4.69) is 47.7 Å². The smallest absolute Gasteiger partial charge is 0.242 e. The van der Waals surface area contributed by atoms with Gasteiger partial charge < -0.3 is 11.1 Å². The first kappa shape index (κ1) is 21.5. The van der Waals surface area contributed by atoms with Crippen molar-refractivity contribution in [2.24, 2.45) is 11.7 Å². The molecule has 1 aliphatic rings. The third-order valence-electron chi connectivity index (χ3n) is 6.24. The van der Waals surface area contributed by atoms with Gasteiger partial charge in [-0.25, -0.2) is 0 Å². The second-order valence-electron chi connectivity index (χ2n) is 8.35. The molecule has 0 radical (unpaired) electrons. The Labute approximate surface area is 174 Å². The van der Waals surface area contributed by atoms with Crippen LogP contribution in [0.3, 0.4) is 0 Å². The van der Waals surface area contributed by atoms with Gasteiger partial charge in [0.25, 0.3) is 0 Å². The number of nitrogens with zero attached hydrogens (tertiary/aromatic N) is 1. The Kier molecular flexibility index (Phi) is 7.40. The summed E-state index contributed by atoms with van der Waals surface area (Å²) < 4.78 is 0. The maximum absolute atomic E-state index is 12.9. The molecular weight excluding hydrogens is 360 g/mol. The minimum Gasteiger partial charge on any atom is -0.368 e. The number of aryl methyl sites for hydroxylation is 3. The van der Waals surface area contributed by atoms with E-state index >= 15 is 0 Å². The lowest BCUT2D eigenvalue weighted by Gasteiger charge is -2.35. The summed E-state index contributed by atoms with van der Waals surface area (Å²) in [5.74, 6) is 0.400. The van der Waals surface area contributed by atoms with E-state index < -0.39 is 5.54 Å². The molecule has 2 aromatic rings. The van der Waals surface area contributed by atoms with E-state index in [9.17, 15) is 4.79 Å². The fraction of sp³-hybridized carbons (Fsp3) is 0.500. The van der Waals surface area contributed by atoms with Gasteiger partial charge in [0.2, 0.25) is 5.91 Å². The Balaban J connectivity index is 1.83. The number of carbonyl (C=O) groups excluding carboxylic acids is 1. The minimum absolute atomic E-state index is 0.302. The van der Waals surface area contributed by atoms with Crippen molar-refractivity contribution in [1.82, 2.24) is 15.6 Å². The fourth-order valence-electron chi connectivity index (χ4n) is 4.50. The molecular formula is C24H34N4O. The summed E-state index contributed by atoms with van der Waals surface area (Å²) in [6.07, 6.45) is 8.45. The van der Waals surface area contributed by atoms with Crippen molar-refractivity contribution in [2.45, 2.75) is 51.5 Å². The molecule has 5 heteroatoms. The normalized spacial score (nSPS) is 17.0. The van der Waals surface area contributed by atoms with Gasteiger partial charge in [-0.2, -0.15) is 0 Å². The van der Waals surface area contributed by atoms with Crippen LogP contribution in [0.1, 0.15) is 47.9 Å². The number of primary amides is 1. The molecule has 0 saturated carbocycles. The molecule has 156 valence electrons. The molecule has 0 bridgehead atoms. The summed E-state index contributed by atoms with van der Waals surface area (Å²) in [5.41, 5.74) is 9.65. The number of nitrogens with two attached hydrogens (primary N) is 1. The van der Waals surface area contributed by atoms with E-state index in [0.717, 1.165) is 49.2 Å². The average molecular weight is 395 g/mol. The molecule has 1 aromatic heterocycles. The van der Waals surface area contributed by atoms with Crippen LogP contribution in [0.2, 0.25) is 0 Å². The van der Waals surface area contributed by atoms with Crippen LogP contribution in [-0.2, 0) is 16.8 Å². The molecule has 3 rings (SSSR count). The van der Waals surface area contributed by atoms with E-state index in [0.29, 0.717) is 12.3 Å². The number of aromatic nitrogens is 1. The number of nitrogens with one attached hydrogen (secondary N) is 2. The molecule has 1 fully saturated rings. The molecule has 1 aromatic carbocycles. The van der Waals surface area contributed by atoms with E-state index in [4.69, 9.17) is 5.73 Å². The first-order valence-electron chi connectivity index (χ1n) is 10.7. The van der Waals surface area contributed by atoms with E-state index in [-0.39, 0.29) is 5.91 Å². The van der Waals surface area contributed by atoms with Crippen molar-refractivity contribution in [3.63, 3.8) is 0 Å². The Morgan fingerprint density at radius 3 is 2.59 bits per heavy atom. The Morgan fingerprint density at radius 2 is 1.93 bits per heavy atom. The second-order valence-corrected chi connectivity index (χ2v) is 8.35. The number of hydrogen-bond acceptors (Lipinski definition) is 4. The summed E-state index contributed by atoms with van der Waals surface area (Å²) in [6, 6.07) is 10.3. The molecule has 1 aliphatic heterocycles. The minimum atomic E-state index is -0.867. The molecule has 5 nitrogen and oxygen atoms in total. The monoisotopic (exact) mass is 394 g/mol. The summed E-state index contributed by atoms with van der Waals surface area (Å²) in [7, 11) is 0. The van der Waals surface area contributed by atoms with E-state index in [1.54, 1.807) is 12.4 Å². The topological polar surface area (TPSA) is 80.0 Å². The summed E-state index contributed by atoms with van der Waals surface area (Å²) in [4.78, 5) is 17.0. The lowest BCUT2D eigenvalue weighted by molar-refractivity contribution is -0.125. The molecule has 4 N–H and O–H groups in total. The lowest BCUT2D eigenvalue weighted by Crippen LogP contribution is -2.54. The molecule has 0 aliphatic carbocycles. The molecule has 1 unspecified atom stereocenters. The van der Waals surface area contributed by atoms with E-state index in [1.807, 2.05) is 12.1 Å². The highest BCUT2D eigenvalue weighted by Crippen LogP contribution is 2.31. The number of piperidine rings is 1. The number of hydrogen-bond donors (Lipinski definition) is 3. The molecule has 29 heavy (non-hydrogen) atoms. The van der Waals surface area contributed by atoms with Gasteiger partial charge >= 0.3 is 0 Å². The molecule has 1 amide bonds. The maximum Gasteiger partial charge on any atom is 0.242 e. The van der Waals surface area contributed by atoms with Gasteiger partial charge in [-0.1, -0.05) is 23.8 Å². The van der Waals surface area contributed by atoms with Gasteiger partial charge in [0.1, 0.15) is 5.54 Å². The van der Waals surface area contributed by atoms with Crippen LogP contribution >= 0.6 is 0 Å². The first-order valence-corrected chi connectivity index (χ1v) is 10.7. The van der Waals surface area contributed by atoms with Gasteiger partial charge in [0, 0.05) is 12.4 Å².